The van der Waals surface area contributed by atoms with Gasteiger partial charge in [0.25, 0.3) is 0 Å². The van der Waals surface area contributed by atoms with E-state index in [0.717, 1.165) is 12.1 Å². The van der Waals surface area contributed by atoms with Gasteiger partial charge >= 0.3 is 0 Å². The molecular weight excluding hydrogens is 262 g/mol. The fraction of sp³-hybridized carbons (Fsp3) is 0.529. The lowest BCUT2D eigenvalue weighted by atomic mass is 9.94. The van der Waals surface area contributed by atoms with Crippen molar-refractivity contribution < 1.29 is 4.52 Å². The van der Waals surface area contributed by atoms with Gasteiger partial charge in [-0.05, 0) is 26.8 Å². The lowest BCUT2D eigenvalue weighted by Crippen LogP contribution is -2.32. The summed E-state index contributed by atoms with van der Waals surface area (Å²) in [5.41, 5.74) is 2.25. The highest BCUT2D eigenvalue weighted by Crippen LogP contribution is 2.23. The van der Waals surface area contributed by atoms with E-state index >= 15 is 0 Å². The summed E-state index contributed by atoms with van der Waals surface area (Å²) in [6, 6.07) is 8.87. The summed E-state index contributed by atoms with van der Waals surface area (Å²) in [6.07, 6.45) is 6.63. The number of aryl methyl sites for hydroxylation is 1. The van der Waals surface area contributed by atoms with Gasteiger partial charge in [-0.1, -0.05) is 54.2 Å². The number of hydrogen-bond donors (Lipinski definition) is 0. The minimum Gasteiger partial charge on any atom is -0.338 e. The first-order valence-corrected chi connectivity index (χ1v) is 7.82. The smallest absolute Gasteiger partial charge is 0.241 e. The average molecular weight is 285 g/mol. The highest BCUT2D eigenvalue weighted by molar-refractivity contribution is 5.54. The van der Waals surface area contributed by atoms with Gasteiger partial charge in [0.05, 0.1) is 6.54 Å². The molecule has 0 unspecified atom stereocenters. The highest BCUT2D eigenvalue weighted by Gasteiger charge is 2.20. The molecule has 0 N–H and O–H groups in total. The van der Waals surface area contributed by atoms with Gasteiger partial charge in [-0.2, -0.15) is 4.98 Å². The first kappa shape index (κ1) is 14.3. The third-order valence-electron chi connectivity index (χ3n) is 4.36. The zero-order valence-corrected chi connectivity index (χ0v) is 12.9. The summed E-state index contributed by atoms with van der Waals surface area (Å²) in [4.78, 5) is 6.88. The van der Waals surface area contributed by atoms with Gasteiger partial charge in [0, 0.05) is 11.6 Å². The standard InChI is InChI=1S/C17H23N3O/c1-13-8-10-14(11-9-13)17-18-16(21-19-17)12-20(2)15-6-4-3-5-7-15/h8-11,15H,3-7,12H2,1-2H3. The molecule has 0 spiro atoms. The van der Waals surface area contributed by atoms with Crippen molar-refractivity contribution in [3.8, 4) is 11.4 Å². The van der Waals surface area contributed by atoms with Crippen molar-refractivity contribution in [2.75, 3.05) is 7.05 Å². The van der Waals surface area contributed by atoms with Crippen LogP contribution in [0, 0.1) is 6.92 Å². The molecule has 3 rings (SSSR count). The van der Waals surface area contributed by atoms with Crippen LogP contribution in [0.5, 0.6) is 0 Å². The molecule has 4 heteroatoms. The molecule has 1 fully saturated rings. The van der Waals surface area contributed by atoms with Crippen LogP contribution in [0.25, 0.3) is 11.4 Å². The SMILES string of the molecule is Cc1ccc(-c2noc(CN(C)C3CCCCC3)n2)cc1. The Labute approximate surface area is 126 Å². The lowest BCUT2D eigenvalue weighted by molar-refractivity contribution is 0.165. The van der Waals surface area contributed by atoms with Crippen molar-refractivity contribution in [1.82, 2.24) is 15.0 Å². The van der Waals surface area contributed by atoms with Gasteiger partial charge in [0.1, 0.15) is 0 Å². The summed E-state index contributed by atoms with van der Waals surface area (Å²) in [5, 5.41) is 4.10. The van der Waals surface area contributed by atoms with E-state index in [1.165, 1.54) is 37.7 Å². The van der Waals surface area contributed by atoms with E-state index < -0.39 is 0 Å². The molecule has 1 heterocycles. The van der Waals surface area contributed by atoms with Crippen LogP contribution in [0.15, 0.2) is 28.8 Å². The molecule has 1 aromatic heterocycles. The molecular formula is C17H23N3O. The minimum absolute atomic E-state index is 0.661. The van der Waals surface area contributed by atoms with Crippen LogP contribution in [0.2, 0.25) is 0 Å². The molecule has 4 nitrogen and oxygen atoms in total. The van der Waals surface area contributed by atoms with Crippen molar-refractivity contribution in [1.29, 1.82) is 0 Å². The Kier molecular flexibility index (Phi) is 4.34. The maximum Gasteiger partial charge on any atom is 0.241 e. The maximum atomic E-state index is 5.41. The number of hydrogen-bond acceptors (Lipinski definition) is 4. The molecule has 112 valence electrons. The quantitative estimate of drug-likeness (QED) is 0.856. The van der Waals surface area contributed by atoms with E-state index in [1.54, 1.807) is 0 Å². The Morgan fingerprint density at radius 3 is 2.57 bits per heavy atom. The average Bonchev–Trinajstić information content (AvgIpc) is 2.97. The van der Waals surface area contributed by atoms with Crippen molar-refractivity contribution in [2.24, 2.45) is 0 Å². The Morgan fingerprint density at radius 1 is 1.14 bits per heavy atom. The molecule has 0 saturated heterocycles. The van der Waals surface area contributed by atoms with Gasteiger partial charge < -0.3 is 4.52 Å². The van der Waals surface area contributed by atoms with Crippen LogP contribution in [-0.2, 0) is 6.54 Å². The molecule has 1 aliphatic carbocycles. The molecule has 2 aromatic rings. The molecule has 0 bridgehead atoms. The highest BCUT2D eigenvalue weighted by atomic mass is 16.5. The van der Waals surface area contributed by atoms with E-state index in [2.05, 4.69) is 41.1 Å². The van der Waals surface area contributed by atoms with E-state index in [1.807, 2.05) is 12.1 Å². The first-order chi connectivity index (χ1) is 10.2. The van der Waals surface area contributed by atoms with E-state index in [4.69, 9.17) is 4.52 Å². The van der Waals surface area contributed by atoms with E-state index in [-0.39, 0.29) is 0 Å². The molecule has 21 heavy (non-hydrogen) atoms. The first-order valence-electron chi connectivity index (χ1n) is 7.82. The van der Waals surface area contributed by atoms with Crippen LogP contribution >= 0.6 is 0 Å². The Hall–Kier alpha value is -1.68. The number of benzene rings is 1. The van der Waals surface area contributed by atoms with E-state index in [0.29, 0.717) is 17.8 Å². The van der Waals surface area contributed by atoms with Crippen molar-refractivity contribution in [3.05, 3.63) is 35.7 Å². The third kappa shape index (κ3) is 3.50. The molecule has 0 atom stereocenters. The van der Waals surface area contributed by atoms with Crippen LogP contribution < -0.4 is 0 Å². The number of nitrogens with zero attached hydrogens (tertiary/aromatic N) is 3. The number of aromatic nitrogens is 2. The second-order valence-corrected chi connectivity index (χ2v) is 6.08. The molecule has 1 aliphatic rings. The third-order valence-corrected chi connectivity index (χ3v) is 4.36. The summed E-state index contributed by atoms with van der Waals surface area (Å²) in [5.74, 6) is 1.39. The molecule has 1 aromatic carbocycles. The van der Waals surface area contributed by atoms with Gasteiger partial charge in [0.15, 0.2) is 0 Å². The molecule has 0 aliphatic heterocycles. The zero-order valence-electron chi connectivity index (χ0n) is 12.9. The zero-order chi connectivity index (χ0) is 14.7. The predicted molar refractivity (Wildman–Crippen MR) is 82.8 cm³/mol. The van der Waals surface area contributed by atoms with E-state index in [9.17, 15) is 0 Å². The summed E-state index contributed by atoms with van der Waals surface area (Å²) >= 11 is 0. The van der Waals surface area contributed by atoms with Crippen molar-refractivity contribution in [3.63, 3.8) is 0 Å². The largest absolute Gasteiger partial charge is 0.338 e. The van der Waals surface area contributed by atoms with Crippen LogP contribution in [0.4, 0.5) is 0 Å². The number of rotatable bonds is 4. The Bertz CT molecular complexity index is 570. The van der Waals surface area contributed by atoms with Gasteiger partial charge in [-0.3, -0.25) is 4.90 Å². The van der Waals surface area contributed by atoms with Crippen molar-refractivity contribution in [2.45, 2.75) is 51.6 Å². The summed E-state index contributed by atoms with van der Waals surface area (Å²) < 4.78 is 5.41. The molecule has 0 radical (unpaired) electrons. The fourth-order valence-corrected chi connectivity index (χ4v) is 3.00. The Morgan fingerprint density at radius 2 is 1.86 bits per heavy atom. The minimum atomic E-state index is 0.661. The normalized spacial score (nSPS) is 16.5. The second kappa shape index (κ2) is 6.39. The van der Waals surface area contributed by atoms with Gasteiger partial charge in [-0.15, -0.1) is 0 Å². The van der Waals surface area contributed by atoms with Gasteiger partial charge in [-0.25, -0.2) is 0 Å². The second-order valence-electron chi connectivity index (χ2n) is 6.08. The topological polar surface area (TPSA) is 42.2 Å². The molecule has 0 amide bonds. The molecule has 1 saturated carbocycles. The van der Waals surface area contributed by atoms with Crippen LogP contribution in [0.1, 0.15) is 43.6 Å². The summed E-state index contributed by atoms with van der Waals surface area (Å²) in [6.45, 7) is 2.81. The van der Waals surface area contributed by atoms with Crippen molar-refractivity contribution >= 4 is 0 Å². The Balaban J connectivity index is 1.65. The monoisotopic (exact) mass is 285 g/mol. The maximum absolute atomic E-state index is 5.41. The van der Waals surface area contributed by atoms with Gasteiger partial charge in [0.2, 0.25) is 11.7 Å². The lowest BCUT2D eigenvalue weighted by Gasteiger charge is -2.29. The fourth-order valence-electron chi connectivity index (χ4n) is 3.00. The summed E-state index contributed by atoms with van der Waals surface area (Å²) in [7, 11) is 2.16. The predicted octanol–water partition coefficient (Wildman–Crippen LogP) is 3.81. The van der Waals surface area contributed by atoms with Crippen LogP contribution in [0.3, 0.4) is 0 Å². The van der Waals surface area contributed by atoms with Crippen LogP contribution in [-0.4, -0.2) is 28.1 Å².